The van der Waals surface area contributed by atoms with Gasteiger partial charge >= 0.3 is 0 Å². The normalized spacial score (nSPS) is 11.0. The van der Waals surface area contributed by atoms with E-state index in [-0.39, 0.29) is 12.3 Å². The Labute approximate surface area is 152 Å². The molecular formula is C18H12ClFN4O2. The third-order valence-corrected chi connectivity index (χ3v) is 4.13. The zero-order valence-corrected chi connectivity index (χ0v) is 14.4. The van der Waals surface area contributed by atoms with Crippen molar-refractivity contribution < 1.29 is 13.4 Å². The maximum atomic E-state index is 13.9. The smallest absolute Gasteiger partial charge is 0.257 e. The summed E-state index contributed by atoms with van der Waals surface area (Å²) in [5.41, 5.74) is 1.86. The van der Waals surface area contributed by atoms with E-state index in [0.29, 0.717) is 28.1 Å². The highest BCUT2D eigenvalue weighted by Gasteiger charge is 2.14. The predicted molar refractivity (Wildman–Crippen MR) is 92.0 cm³/mol. The van der Waals surface area contributed by atoms with Crippen molar-refractivity contribution in [2.45, 2.75) is 13.3 Å². The maximum Gasteiger partial charge on any atom is 0.257 e. The minimum atomic E-state index is -0.406. The Balaban J connectivity index is 1.56. The highest BCUT2D eigenvalue weighted by atomic mass is 35.5. The van der Waals surface area contributed by atoms with Gasteiger partial charge in [-0.2, -0.15) is 9.97 Å². The van der Waals surface area contributed by atoms with Crippen LogP contribution in [0.1, 0.15) is 17.3 Å². The second kappa shape index (κ2) is 6.68. The van der Waals surface area contributed by atoms with Gasteiger partial charge in [-0.15, -0.1) is 0 Å². The van der Waals surface area contributed by atoms with Crippen LogP contribution in [0.4, 0.5) is 4.39 Å². The second-order valence-electron chi connectivity index (χ2n) is 5.61. The van der Waals surface area contributed by atoms with E-state index in [2.05, 4.69) is 20.3 Å². The predicted octanol–water partition coefficient (Wildman–Crippen LogP) is 4.48. The molecule has 0 bridgehead atoms. The largest absolute Gasteiger partial charge is 0.339 e. The fourth-order valence-electron chi connectivity index (χ4n) is 2.47. The molecule has 130 valence electrons. The Hall–Kier alpha value is -3.06. The molecule has 0 saturated heterocycles. The van der Waals surface area contributed by atoms with E-state index in [1.165, 1.54) is 6.07 Å². The fourth-order valence-corrected chi connectivity index (χ4v) is 2.70. The van der Waals surface area contributed by atoms with Crippen LogP contribution in [0.2, 0.25) is 5.02 Å². The van der Waals surface area contributed by atoms with E-state index >= 15 is 0 Å². The summed E-state index contributed by atoms with van der Waals surface area (Å²) in [6, 6.07) is 11.8. The molecule has 0 N–H and O–H groups in total. The zero-order chi connectivity index (χ0) is 18.1. The van der Waals surface area contributed by atoms with Crippen LogP contribution in [0.15, 0.2) is 51.5 Å². The van der Waals surface area contributed by atoms with Crippen molar-refractivity contribution in [3.63, 3.8) is 0 Å². The highest BCUT2D eigenvalue weighted by molar-refractivity contribution is 6.31. The van der Waals surface area contributed by atoms with Crippen molar-refractivity contribution in [1.82, 2.24) is 20.3 Å². The molecule has 26 heavy (non-hydrogen) atoms. The van der Waals surface area contributed by atoms with E-state index in [4.69, 9.17) is 20.6 Å². The van der Waals surface area contributed by atoms with Crippen LogP contribution in [-0.2, 0) is 6.42 Å². The van der Waals surface area contributed by atoms with Crippen LogP contribution in [-0.4, -0.2) is 20.3 Å². The van der Waals surface area contributed by atoms with Gasteiger partial charge in [0.25, 0.3) is 5.89 Å². The summed E-state index contributed by atoms with van der Waals surface area (Å²) < 4.78 is 24.2. The zero-order valence-electron chi connectivity index (χ0n) is 13.6. The number of nitrogens with zero attached hydrogens (tertiary/aromatic N) is 4. The van der Waals surface area contributed by atoms with Gasteiger partial charge < -0.3 is 9.05 Å². The van der Waals surface area contributed by atoms with Gasteiger partial charge in [0, 0.05) is 21.7 Å². The van der Waals surface area contributed by atoms with Gasteiger partial charge in [-0.05, 0) is 31.2 Å². The lowest BCUT2D eigenvalue weighted by Gasteiger charge is -2.01. The summed E-state index contributed by atoms with van der Waals surface area (Å²) in [5.74, 6) is 1.29. The van der Waals surface area contributed by atoms with Gasteiger partial charge in [0.2, 0.25) is 11.7 Å². The summed E-state index contributed by atoms with van der Waals surface area (Å²) in [5, 5.41) is 8.03. The molecule has 0 aliphatic heterocycles. The van der Waals surface area contributed by atoms with Crippen LogP contribution in [0.25, 0.3) is 22.8 Å². The molecule has 0 fully saturated rings. The number of benzene rings is 2. The lowest BCUT2D eigenvalue weighted by Crippen LogP contribution is -1.94. The lowest BCUT2D eigenvalue weighted by atomic mass is 10.1. The minimum absolute atomic E-state index is 0.123. The average molecular weight is 371 g/mol. The molecule has 0 spiro atoms. The van der Waals surface area contributed by atoms with Gasteiger partial charge in [0.15, 0.2) is 5.82 Å². The molecule has 2 aromatic carbocycles. The van der Waals surface area contributed by atoms with Gasteiger partial charge in [-0.25, -0.2) is 4.39 Å². The summed E-state index contributed by atoms with van der Waals surface area (Å²) >= 11 is 6.03. The minimum Gasteiger partial charge on any atom is -0.339 e. The molecule has 4 rings (SSSR count). The van der Waals surface area contributed by atoms with E-state index < -0.39 is 5.82 Å². The standard InChI is InChI=1S/C18H12ClFN4O2/c1-10-21-18(26-23-10)12-7-5-11(6-8-12)17-22-16(25-24-17)9-13-14(19)3-2-4-15(13)20/h2-8H,9H2,1H3. The van der Waals surface area contributed by atoms with Gasteiger partial charge in [0.05, 0.1) is 6.42 Å². The van der Waals surface area contributed by atoms with Crippen molar-refractivity contribution in [3.05, 3.63) is 70.6 Å². The monoisotopic (exact) mass is 370 g/mol. The van der Waals surface area contributed by atoms with Crippen LogP contribution in [0.3, 0.4) is 0 Å². The SMILES string of the molecule is Cc1noc(-c2ccc(-c3noc(Cc4c(F)cccc4Cl)n3)cc2)n1. The lowest BCUT2D eigenvalue weighted by molar-refractivity contribution is 0.384. The number of hydrogen-bond donors (Lipinski definition) is 0. The first-order chi connectivity index (χ1) is 12.6. The Bertz CT molecular complexity index is 1040. The first kappa shape index (κ1) is 16.4. The summed E-state index contributed by atoms with van der Waals surface area (Å²) in [4.78, 5) is 8.49. The quantitative estimate of drug-likeness (QED) is 0.527. The van der Waals surface area contributed by atoms with Gasteiger partial charge in [0.1, 0.15) is 5.82 Å². The number of hydrogen-bond acceptors (Lipinski definition) is 6. The molecule has 8 heteroatoms. The topological polar surface area (TPSA) is 77.8 Å². The molecule has 2 heterocycles. The molecular weight excluding hydrogens is 359 g/mol. The van der Waals surface area contributed by atoms with Crippen LogP contribution >= 0.6 is 11.6 Å². The molecule has 0 amide bonds. The number of halogens is 2. The molecule has 0 unspecified atom stereocenters. The molecule has 2 aromatic heterocycles. The molecule has 0 radical (unpaired) electrons. The van der Waals surface area contributed by atoms with E-state index in [1.54, 1.807) is 19.1 Å². The Morgan fingerprint density at radius 1 is 0.962 bits per heavy atom. The number of aromatic nitrogens is 4. The molecule has 0 aliphatic rings. The second-order valence-corrected chi connectivity index (χ2v) is 6.02. The van der Waals surface area contributed by atoms with E-state index in [9.17, 15) is 4.39 Å². The number of rotatable bonds is 4. The van der Waals surface area contributed by atoms with E-state index in [1.807, 2.05) is 24.3 Å². The van der Waals surface area contributed by atoms with Gasteiger partial charge in [-0.1, -0.05) is 40.1 Å². The summed E-state index contributed by atoms with van der Waals surface area (Å²) in [7, 11) is 0. The third-order valence-electron chi connectivity index (χ3n) is 3.78. The fraction of sp³-hybridized carbons (Fsp3) is 0.111. The van der Waals surface area contributed by atoms with Crippen LogP contribution < -0.4 is 0 Å². The first-order valence-electron chi connectivity index (χ1n) is 7.77. The Morgan fingerprint density at radius 3 is 2.42 bits per heavy atom. The van der Waals surface area contributed by atoms with Crippen molar-refractivity contribution >= 4 is 11.6 Å². The summed E-state index contributed by atoms with van der Waals surface area (Å²) in [6.45, 7) is 1.75. The number of aryl methyl sites for hydroxylation is 1. The van der Waals surface area contributed by atoms with E-state index in [0.717, 1.165) is 11.1 Å². The van der Waals surface area contributed by atoms with Crippen LogP contribution in [0, 0.1) is 12.7 Å². The Kier molecular flexibility index (Phi) is 4.22. The Morgan fingerprint density at radius 2 is 1.73 bits per heavy atom. The van der Waals surface area contributed by atoms with Crippen molar-refractivity contribution in [1.29, 1.82) is 0 Å². The van der Waals surface area contributed by atoms with Crippen LogP contribution in [0.5, 0.6) is 0 Å². The van der Waals surface area contributed by atoms with Crippen molar-refractivity contribution in [2.24, 2.45) is 0 Å². The van der Waals surface area contributed by atoms with Crippen molar-refractivity contribution in [3.8, 4) is 22.8 Å². The highest BCUT2D eigenvalue weighted by Crippen LogP contribution is 2.25. The third kappa shape index (κ3) is 3.21. The molecule has 4 aromatic rings. The molecule has 0 aliphatic carbocycles. The van der Waals surface area contributed by atoms with Crippen molar-refractivity contribution in [2.75, 3.05) is 0 Å². The average Bonchev–Trinajstić information content (AvgIpc) is 3.28. The molecule has 0 saturated carbocycles. The van der Waals surface area contributed by atoms with Gasteiger partial charge in [-0.3, -0.25) is 0 Å². The summed E-state index contributed by atoms with van der Waals surface area (Å²) in [6.07, 6.45) is 0.123. The molecule has 0 atom stereocenters. The maximum absolute atomic E-state index is 13.9. The molecule has 6 nitrogen and oxygen atoms in total. The first-order valence-corrected chi connectivity index (χ1v) is 8.14.